The zero-order valence-corrected chi connectivity index (χ0v) is 15.7. The standard InChI is InChI=1S/C21H18N6O2/c1-28-17-10-4-7-14-18(17)25-21(26-19(14)23-12-13-6-5-11-29-13)27-16-9-3-2-8-15(16)24-20(27)22/h2-11H,12H2,1H3,(H2,22,24)(H,23,25,26). The van der Waals surface area contributed by atoms with Crippen molar-refractivity contribution in [3.63, 3.8) is 0 Å². The molecule has 3 N–H and O–H groups in total. The lowest BCUT2D eigenvalue weighted by atomic mass is 10.2. The maximum atomic E-state index is 6.21. The zero-order valence-electron chi connectivity index (χ0n) is 15.7. The third-order valence-electron chi connectivity index (χ3n) is 4.69. The maximum absolute atomic E-state index is 6.21. The average Bonchev–Trinajstić information content (AvgIpc) is 3.38. The molecule has 3 aromatic heterocycles. The minimum absolute atomic E-state index is 0.317. The fourth-order valence-electron chi connectivity index (χ4n) is 3.35. The average molecular weight is 386 g/mol. The van der Waals surface area contributed by atoms with Gasteiger partial charge in [0.1, 0.15) is 22.8 Å². The summed E-state index contributed by atoms with van der Waals surface area (Å²) in [5.41, 5.74) is 8.49. The molecule has 5 aromatic rings. The molecule has 0 aliphatic heterocycles. The highest BCUT2D eigenvalue weighted by Gasteiger charge is 2.17. The molecule has 8 nitrogen and oxygen atoms in total. The molecule has 0 spiro atoms. The van der Waals surface area contributed by atoms with E-state index in [0.29, 0.717) is 35.5 Å². The molecule has 29 heavy (non-hydrogen) atoms. The van der Waals surface area contributed by atoms with Crippen LogP contribution in [0.5, 0.6) is 5.75 Å². The number of methoxy groups -OCH3 is 1. The van der Waals surface area contributed by atoms with E-state index in [9.17, 15) is 0 Å². The Morgan fingerprint density at radius 1 is 1.03 bits per heavy atom. The summed E-state index contributed by atoms with van der Waals surface area (Å²) < 4.78 is 12.7. The van der Waals surface area contributed by atoms with Gasteiger partial charge in [0.05, 0.1) is 31.0 Å². The quantitative estimate of drug-likeness (QED) is 0.474. The van der Waals surface area contributed by atoms with E-state index in [1.54, 1.807) is 17.9 Å². The van der Waals surface area contributed by atoms with Crippen molar-refractivity contribution in [1.82, 2.24) is 19.5 Å². The highest BCUT2D eigenvalue weighted by Crippen LogP contribution is 2.31. The van der Waals surface area contributed by atoms with E-state index < -0.39 is 0 Å². The van der Waals surface area contributed by atoms with Crippen LogP contribution in [0.15, 0.2) is 65.3 Å². The molecule has 2 aromatic carbocycles. The molecule has 0 aliphatic carbocycles. The Hall–Kier alpha value is -4.07. The molecule has 0 amide bonds. The van der Waals surface area contributed by atoms with Gasteiger partial charge >= 0.3 is 0 Å². The number of anilines is 2. The number of fused-ring (bicyclic) bond motifs is 2. The minimum Gasteiger partial charge on any atom is -0.494 e. The third kappa shape index (κ3) is 2.91. The van der Waals surface area contributed by atoms with E-state index >= 15 is 0 Å². The van der Waals surface area contributed by atoms with Gasteiger partial charge < -0.3 is 20.2 Å². The number of benzene rings is 2. The Bertz CT molecular complexity index is 1310. The molecule has 144 valence electrons. The molecule has 0 aliphatic rings. The summed E-state index contributed by atoms with van der Waals surface area (Å²) in [6, 6.07) is 17.2. The fourth-order valence-corrected chi connectivity index (χ4v) is 3.35. The van der Waals surface area contributed by atoms with Gasteiger partial charge in [0.15, 0.2) is 0 Å². The smallest absolute Gasteiger partial charge is 0.239 e. The Morgan fingerprint density at radius 3 is 2.76 bits per heavy atom. The second kappa shape index (κ2) is 6.83. The Balaban J connectivity index is 1.72. The van der Waals surface area contributed by atoms with Gasteiger partial charge in [-0.2, -0.15) is 4.98 Å². The molecular weight excluding hydrogens is 368 g/mol. The number of nitrogens with zero attached hydrogens (tertiary/aromatic N) is 4. The van der Waals surface area contributed by atoms with Gasteiger partial charge in [-0.3, -0.25) is 0 Å². The first-order valence-corrected chi connectivity index (χ1v) is 9.09. The van der Waals surface area contributed by atoms with Crippen LogP contribution >= 0.6 is 0 Å². The normalized spacial score (nSPS) is 11.2. The number of nitrogens with two attached hydrogens (primary N) is 1. The zero-order chi connectivity index (χ0) is 19.8. The van der Waals surface area contributed by atoms with Crippen LogP contribution < -0.4 is 15.8 Å². The molecule has 5 rings (SSSR count). The predicted octanol–water partition coefficient (Wildman–Crippen LogP) is 3.76. The summed E-state index contributed by atoms with van der Waals surface area (Å²) in [5, 5.41) is 4.17. The number of nitrogen functional groups attached to an aromatic ring is 1. The van der Waals surface area contributed by atoms with Crippen LogP contribution in [0, 0.1) is 0 Å². The number of aromatic nitrogens is 4. The first kappa shape index (κ1) is 17.1. The van der Waals surface area contributed by atoms with E-state index in [4.69, 9.17) is 24.9 Å². The Kier molecular flexibility index (Phi) is 4.02. The largest absolute Gasteiger partial charge is 0.494 e. The van der Waals surface area contributed by atoms with Crippen LogP contribution in [0.1, 0.15) is 5.76 Å². The number of hydrogen-bond acceptors (Lipinski definition) is 7. The van der Waals surface area contributed by atoms with E-state index in [1.807, 2.05) is 54.6 Å². The van der Waals surface area contributed by atoms with Gasteiger partial charge in [-0.25, -0.2) is 14.5 Å². The number of ether oxygens (including phenoxy) is 1. The first-order chi connectivity index (χ1) is 14.2. The van der Waals surface area contributed by atoms with E-state index in [2.05, 4.69) is 10.3 Å². The topological polar surface area (TPSA) is 104 Å². The number of furan rings is 1. The van der Waals surface area contributed by atoms with E-state index in [-0.39, 0.29) is 0 Å². The van der Waals surface area contributed by atoms with Crippen LogP contribution in [-0.4, -0.2) is 26.6 Å². The molecule has 0 unspecified atom stereocenters. The SMILES string of the molecule is COc1cccc2c(NCc3ccco3)nc(-n3c(N)nc4ccccc43)nc12. The molecule has 0 atom stereocenters. The molecule has 0 saturated carbocycles. The van der Waals surface area contributed by atoms with Crippen LogP contribution in [0.2, 0.25) is 0 Å². The molecule has 3 heterocycles. The van der Waals surface area contributed by atoms with E-state index in [0.717, 1.165) is 22.2 Å². The number of rotatable bonds is 5. The molecular formula is C21H18N6O2. The summed E-state index contributed by atoms with van der Waals surface area (Å²) >= 11 is 0. The van der Waals surface area contributed by atoms with Crippen molar-refractivity contribution in [2.75, 3.05) is 18.2 Å². The molecule has 0 saturated heterocycles. The fraction of sp³-hybridized carbons (Fsp3) is 0.0952. The van der Waals surface area contributed by atoms with Gasteiger partial charge in [0.25, 0.3) is 0 Å². The van der Waals surface area contributed by atoms with Crippen molar-refractivity contribution in [1.29, 1.82) is 0 Å². The highest BCUT2D eigenvalue weighted by molar-refractivity contribution is 5.94. The second-order valence-corrected chi connectivity index (χ2v) is 6.46. The highest BCUT2D eigenvalue weighted by atomic mass is 16.5. The lowest BCUT2D eigenvalue weighted by molar-refractivity contribution is 0.419. The summed E-state index contributed by atoms with van der Waals surface area (Å²) in [6.45, 7) is 0.482. The third-order valence-corrected chi connectivity index (χ3v) is 4.69. The lowest BCUT2D eigenvalue weighted by Gasteiger charge is -2.13. The van der Waals surface area contributed by atoms with Crippen LogP contribution in [-0.2, 0) is 6.54 Å². The van der Waals surface area contributed by atoms with Crippen LogP contribution in [0.4, 0.5) is 11.8 Å². The maximum Gasteiger partial charge on any atom is 0.239 e. The van der Waals surface area contributed by atoms with Crippen molar-refractivity contribution in [2.45, 2.75) is 6.54 Å². The van der Waals surface area contributed by atoms with Gasteiger partial charge in [0, 0.05) is 5.39 Å². The van der Waals surface area contributed by atoms with Gasteiger partial charge in [-0.1, -0.05) is 18.2 Å². The summed E-state index contributed by atoms with van der Waals surface area (Å²) in [4.78, 5) is 13.9. The molecule has 0 fully saturated rings. The predicted molar refractivity (Wildman–Crippen MR) is 111 cm³/mol. The van der Waals surface area contributed by atoms with Gasteiger partial charge in [0.2, 0.25) is 11.9 Å². The molecule has 0 radical (unpaired) electrons. The van der Waals surface area contributed by atoms with Crippen LogP contribution in [0.25, 0.3) is 27.9 Å². The number of hydrogen-bond donors (Lipinski definition) is 2. The summed E-state index contributed by atoms with van der Waals surface area (Å²) in [6.07, 6.45) is 1.64. The van der Waals surface area contributed by atoms with Gasteiger partial charge in [-0.05, 0) is 36.4 Å². The van der Waals surface area contributed by atoms with Crippen molar-refractivity contribution in [3.8, 4) is 11.7 Å². The number of imidazole rings is 1. The lowest BCUT2D eigenvalue weighted by Crippen LogP contribution is -2.09. The van der Waals surface area contributed by atoms with Crippen molar-refractivity contribution >= 4 is 33.7 Å². The van der Waals surface area contributed by atoms with Gasteiger partial charge in [-0.15, -0.1) is 0 Å². The van der Waals surface area contributed by atoms with Crippen molar-refractivity contribution in [2.24, 2.45) is 0 Å². The molecule has 0 bridgehead atoms. The summed E-state index contributed by atoms with van der Waals surface area (Å²) in [5.74, 6) is 2.83. The van der Waals surface area contributed by atoms with Crippen molar-refractivity contribution in [3.05, 3.63) is 66.6 Å². The first-order valence-electron chi connectivity index (χ1n) is 9.09. The number of nitrogens with one attached hydrogen (secondary N) is 1. The Morgan fingerprint density at radius 2 is 1.93 bits per heavy atom. The minimum atomic E-state index is 0.317. The van der Waals surface area contributed by atoms with Crippen molar-refractivity contribution < 1.29 is 9.15 Å². The summed E-state index contributed by atoms with van der Waals surface area (Å²) in [7, 11) is 1.62. The Labute approximate surface area is 166 Å². The monoisotopic (exact) mass is 386 g/mol. The second-order valence-electron chi connectivity index (χ2n) is 6.46. The van der Waals surface area contributed by atoms with Crippen LogP contribution in [0.3, 0.4) is 0 Å². The molecule has 8 heteroatoms. The number of para-hydroxylation sites is 3. The van der Waals surface area contributed by atoms with E-state index in [1.165, 1.54) is 0 Å².